The number of nitriles is 1. The van der Waals surface area contributed by atoms with Crippen LogP contribution < -0.4 is 5.32 Å². The molecule has 0 amide bonds. The molecular weight excluding hydrogens is 604 g/mol. The summed E-state index contributed by atoms with van der Waals surface area (Å²) < 4.78 is 6.57. The van der Waals surface area contributed by atoms with Crippen molar-refractivity contribution >= 4 is 45.6 Å². The fourth-order valence-electron chi connectivity index (χ4n) is 7.01. The van der Waals surface area contributed by atoms with Crippen LogP contribution in [0.5, 0.6) is 0 Å². The van der Waals surface area contributed by atoms with Crippen molar-refractivity contribution in [1.29, 1.82) is 5.26 Å². The van der Waals surface area contributed by atoms with E-state index < -0.39 is 16.9 Å². The topological polar surface area (TPSA) is 145 Å². The second-order valence-corrected chi connectivity index (χ2v) is 13.1. The smallest absolute Gasteiger partial charge is 0.310 e. The third-order valence-electron chi connectivity index (χ3n) is 9.82. The normalized spacial score (nSPS) is 22.5. The average Bonchev–Trinajstić information content (AvgIpc) is 3.70. The zero-order valence-corrected chi connectivity index (χ0v) is 26.9. The molecule has 7 rings (SSSR count). The molecule has 5 aromatic rings. The summed E-state index contributed by atoms with van der Waals surface area (Å²) in [6, 6.07) is 17.8. The lowest BCUT2D eigenvalue weighted by molar-refractivity contribution is -0.147. The number of allylic oxidation sites excluding steroid dienone is 2. The highest BCUT2D eigenvalue weighted by atomic mass is 16.4. The van der Waals surface area contributed by atoms with E-state index in [0.717, 1.165) is 33.9 Å². The zero-order chi connectivity index (χ0) is 33.6. The van der Waals surface area contributed by atoms with E-state index in [1.807, 2.05) is 36.4 Å². The highest BCUT2D eigenvalue weighted by molar-refractivity contribution is 5.92. The molecule has 0 spiro atoms. The van der Waals surface area contributed by atoms with Crippen molar-refractivity contribution in [2.45, 2.75) is 39.3 Å². The maximum atomic E-state index is 11.8. The summed E-state index contributed by atoms with van der Waals surface area (Å²) >= 11 is 0. The molecule has 0 radical (unpaired) electrons. The van der Waals surface area contributed by atoms with Gasteiger partial charge in [-0.05, 0) is 79.4 Å². The number of carbonyl (C=O) groups is 2. The molecule has 4 heterocycles. The van der Waals surface area contributed by atoms with Crippen LogP contribution in [0.15, 0.2) is 83.6 Å². The minimum Gasteiger partial charge on any atom is -0.481 e. The summed E-state index contributed by atoms with van der Waals surface area (Å²) in [4.78, 5) is 39.7. The largest absolute Gasteiger partial charge is 0.481 e. The number of rotatable bonds is 8. The number of anilines is 1. The number of aliphatic carboxylic acids is 1. The van der Waals surface area contributed by atoms with Gasteiger partial charge >= 0.3 is 5.97 Å². The van der Waals surface area contributed by atoms with Crippen molar-refractivity contribution in [3.05, 3.63) is 113 Å². The second-order valence-electron chi connectivity index (χ2n) is 13.1. The Morgan fingerprint density at radius 3 is 2.81 bits per heavy atom. The van der Waals surface area contributed by atoms with Gasteiger partial charge in [0.15, 0.2) is 17.7 Å². The molecule has 10 heteroatoms. The maximum absolute atomic E-state index is 11.8. The van der Waals surface area contributed by atoms with Gasteiger partial charge in [0.2, 0.25) is 5.89 Å². The van der Waals surface area contributed by atoms with Crippen LogP contribution in [0.4, 0.5) is 5.82 Å². The second kappa shape index (κ2) is 11.9. The van der Waals surface area contributed by atoms with Crippen LogP contribution in [0.25, 0.3) is 27.6 Å². The number of carboxylic acid groups (broad SMARTS) is 1. The molecule has 2 aliphatic rings. The number of aryl methyl sites for hydroxylation is 1. The minimum atomic E-state index is -1.05. The number of hydrogen-bond donors (Lipinski definition) is 2. The maximum Gasteiger partial charge on any atom is 0.310 e. The molecule has 2 N–H and O–H groups in total. The van der Waals surface area contributed by atoms with Gasteiger partial charge in [-0.2, -0.15) is 5.26 Å². The van der Waals surface area contributed by atoms with E-state index in [2.05, 4.69) is 58.3 Å². The van der Waals surface area contributed by atoms with E-state index in [1.165, 1.54) is 6.20 Å². The Kier molecular flexibility index (Phi) is 7.65. The quantitative estimate of drug-likeness (QED) is 0.177. The molecule has 3 atom stereocenters. The Labute approximate surface area is 277 Å². The molecule has 240 valence electrons. The molecule has 1 aliphatic carbocycles. The summed E-state index contributed by atoms with van der Waals surface area (Å²) in [5.41, 5.74) is 4.61. The summed E-state index contributed by atoms with van der Waals surface area (Å²) in [6.07, 6.45) is 10.6. The Morgan fingerprint density at radius 1 is 1.23 bits per heavy atom. The monoisotopic (exact) mass is 638 g/mol. The number of likely N-dealkylation sites (tertiary alicyclic amines) is 1. The molecule has 1 aliphatic heterocycles. The van der Waals surface area contributed by atoms with E-state index in [9.17, 15) is 20.0 Å². The van der Waals surface area contributed by atoms with Gasteiger partial charge in [-0.3, -0.25) is 19.5 Å². The Balaban J connectivity index is 1.35. The number of aromatic nitrogens is 3. The summed E-state index contributed by atoms with van der Waals surface area (Å²) in [5.74, 6) is -0.180. The van der Waals surface area contributed by atoms with Gasteiger partial charge in [0, 0.05) is 42.4 Å². The van der Waals surface area contributed by atoms with Gasteiger partial charge in [-0.1, -0.05) is 43.3 Å². The van der Waals surface area contributed by atoms with Crippen LogP contribution in [0.1, 0.15) is 58.8 Å². The first-order valence-corrected chi connectivity index (χ1v) is 15.9. The Hall–Kier alpha value is -5.66. The first kappa shape index (κ1) is 31.0. The molecule has 10 nitrogen and oxygen atoms in total. The number of aldehydes is 1. The molecule has 3 aromatic heterocycles. The lowest BCUT2D eigenvalue weighted by Crippen LogP contribution is -2.42. The number of nitrogens with zero attached hydrogens (tertiary/aromatic N) is 5. The first-order chi connectivity index (χ1) is 23.1. The fraction of sp³-hybridized carbons (Fsp3) is 0.263. The van der Waals surface area contributed by atoms with Crippen molar-refractivity contribution < 1.29 is 19.1 Å². The van der Waals surface area contributed by atoms with Crippen molar-refractivity contribution in [2.24, 2.45) is 11.3 Å². The fourth-order valence-corrected chi connectivity index (χ4v) is 7.01. The van der Waals surface area contributed by atoms with E-state index in [1.54, 1.807) is 25.3 Å². The van der Waals surface area contributed by atoms with Crippen molar-refractivity contribution in [3.63, 3.8) is 0 Å². The molecule has 1 fully saturated rings. The number of hydrogen-bond acceptors (Lipinski definition) is 9. The van der Waals surface area contributed by atoms with E-state index >= 15 is 0 Å². The molecule has 48 heavy (non-hydrogen) atoms. The number of oxazole rings is 1. The highest BCUT2D eigenvalue weighted by Gasteiger charge is 2.45. The van der Waals surface area contributed by atoms with Gasteiger partial charge in [-0.15, -0.1) is 0 Å². The summed E-state index contributed by atoms with van der Waals surface area (Å²) in [7, 11) is 0. The van der Waals surface area contributed by atoms with Gasteiger partial charge in [0.25, 0.3) is 0 Å². The van der Waals surface area contributed by atoms with Crippen LogP contribution in [-0.4, -0.2) is 50.3 Å². The Morgan fingerprint density at radius 2 is 2.06 bits per heavy atom. The summed E-state index contributed by atoms with van der Waals surface area (Å²) in [5, 5.41) is 24.3. The third-order valence-corrected chi connectivity index (χ3v) is 9.82. The summed E-state index contributed by atoms with van der Waals surface area (Å²) in [6.45, 7) is 7.53. The molecule has 2 unspecified atom stereocenters. The molecule has 2 aromatic carbocycles. The van der Waals surface area contributed by atoms with Gasteiger partial charge in [0.05, 0.1) is 11.0 Å². The third kappa shape index (κ3) is 5.22. The number of nitrogens with one attached hydrogen (secondary N) is 1. The predicted molar refractivity (Wildman–Crippen MR) is 182 cm³/mol. The average molecular weight is 639 g/mol. The van der Waals surface area contributed by atoms with Gasteiger partial charge < -0.3 is 14.8 Å². The Bertz CT molecular complexity index is 2210. The van der Waals surface area contributed by atoms with Crippen LogP contribution in [-0.2, 0) is 16.9 Å². The number of pyridine rings is 2. The zero-order valence-electron chi connectivity index (χ0n) is 26.9. The molecule has 0 bridgehead atoms. The first-order valence-electron chi connectivity index (χ1n) is 15.9. The number of benzene rings is 2. The number of carboxylic acids is 1. The minimum absolute atomic E-state index is 0.230. The molecular formula is C38H34N6O4. The standard InChI is InChI=1S/C38H34N6O4/c1-23-7-4-5-8-29(23)30-9-6-11-38(24(30)2,43-34-32-27(10-13-40-34)16-26(21-45)19-41-32)35-42-31-17-25(15-28(18-39)33(31)48-35)20-44-14-12-37(3,22-44)36(46)47/h4-11,13,15-17,19,21,24H,12,14,20,22H2,1-3H3,(H,40,43)(H,46,47)/t24?,37-,38?/m1/s1. The van der Waals surface area contributed by atoms with Crippen LogP contribution in [0.2, 0.25) is 0 Å². The molecule has 0 saturated carbocycles. The van der Waals surface area contributed by atoms with E-state index in [4.69, 9.17) is 9.40 Å². The van der Waals surface area contributed by atoms with E-state index in [-0.39, 0.29) is 5.92 Å². The van der Waals surface area contributed by atoms with Crippen molar-refractivity contribution in [1.82, 2.24) is 19.9 Å². The van der Waals surface area contributed by atoms with Crippen LogP contribution in [0, 0.1) is 29.6 Å². The van der Waals surface area contributed by atoms with Gasteiger partial charge in [0.1, 0.15) is 22.6 Å². The predicted octanol–water partition coefficient (Wildman–Crippen LogP) is 6.66. The number of fused-ring (bicyclic) bond motifs is 2. The SMILES string of the molecule is Cc1ccccc1C1=CC=CC(Nc2nccc3cc(C=O)cnc23)(c2nc3cc(CN4CC[C@@](C)(C(=O)O)C4)cc(C#N)c3o2)C1C. The number of carbonyl (C=O) groups excluding carboxylic acids is 1. The van der Waals surface area contributed by atoms with Crippen molar-refractivity contribution in [3.8, 4) is 6.07 Å². The van der Waals surface area contributed by atoms with Crippen LogP contribution in [0.3, 0.4) is 0 Å². The van der Waals surface area contributed by atoms with Crippen LogP contribution >= 0.6 is 0 Å². The van der Waals surface area contributed by atoms with Gasteiger partial charge in [-0.25, -0.2) is 9.97 Å². The molecule has 1 saturated heterocycles. The van der Waals surface area contributed by atoms with E-state index in [0.29, 0.717) is 65.5 Å². The lowest BCUT2D eigenvalue weighted by Gasteiger charge is -2.39. The highest BCUT2D eigenvalue weighted by Crippen LogP contribution is 2.46. The lowest BCUT2D eigenvalue weighted by atomic mass is 9.73. The van der Waals surface area contributed by atoms with Crippen molar-refractivity contribution in [2.75, 3.05) is 18.4 Å².